The highest BCUT2D eigenvalue weighted by atomic mass is 16.6. The molecule has 0 fully saturated rings. The predicted molar refractivity (Wildman–Crippen MR) is 140 cm³/mol. The molecule has 8 nitrogen and oxygen atoms in total. The third kappa shape index (κ3) is 9.20. The number of carbonyl (C=O) groups is 2. The number of amides is 2. The van der Waals surface area contributed by atoms with Gasteiger partial charge >= 0.3 is 0 Å². The summed E-state index contributed by atoms with van der Waals surface area (Å²) in [6.45, 7) is 4.04. The second-order valence-corrected chi connectivity index (χ2v) is 8.25. The normalized spacial score (nSPS) is 13.3. The largest absolute Gasteiger partial charge is 0.382 e. The van der Waals surface area contributed by atoms with Crippen molar-refractivity contribution in [3.05, 3.63) is 65.2 Å². The van der Waals surface area contributed by atoms with E-state index in [1.54, 1.807) is 12.0 Å². The minimum absolute atomic E-state index is 0.0348. The Labute approximate surface area is 213 Å². The average molecular weight is 497 g/mol. The number of nitrogens with one attached hydrogen (secondary N) is 1. The first-order valence-corrected chi connectivity index (χ1v) is 12.3. The lowest BCUT2D eigenvalue weighted by molar-refractivity contribution is -0.122. The molecule has 1 heterocycles. The molecular formula is C28H36N2O6. The van der Waals surface area contributed by atoms with Gasteiger partial charge in [-0.25, -0.2) is 0 Å². The van der Waals surface area contributed by atoms with Gasteiger partial charge in [0, 0.05) is 26.5 Å². The summed E-state index contributed by atoms with van der Waals surface area (Å²) in [5, 5.41) is 2.82. The summed E-state index contributed by atoms with van der Waals surface area (Å²) < 4.78 is 21.0. The van der Waals surface area contributed by atoms with Crippen molar-refractivity contribution in [1.29, 1.82) is 0 Å². The van der Waals surface area contributed by atoms with Crippen molar-refractivity contribution in [1.82, 2.24) is 5.32 Å². The molecule has 0 unspecified atom stereocenters. The van der Waals surface area contributed by atoms with E-state index in [4.69, 9.17) is 18.9 Å². The number of carbonyl (C=O) groups excluding carboxylic acids is 2. The van der Waals surface area contributed by atoms with Crippen LogP contribution in [0.5, 0.6) is 0 Å². The van der Waals surface area contributed by atoms with Crippen LogP contribution in [0.15, 0.2) is 48.5 Å². The number of methoxy groups -OCH3 is 1. The van der Waals surface area contributed by atoms with E-state index in [1.165, 1.54) is 0 Å². The van der Waals surface area contributed by atoms with Crippen LogP contribution in [-0.4, -0.2) is 71.7 Å². The summed E-state index contributed by atoms with van der Waals surface area (Å²) in [5.74, 6) is -0.177. The fourth-order valence-electron chi connectivity index (χ4n) is 3.75. The van der Waals surface area contributed by atoms with Gasteiger partial charge in [0.15, 0.2) is 0 Å². The maximum Gasteiger partial charge on any atom is 0.229 e. The number of hydrogen-bond donors (Lipinski definition) is 1. The number of anilines is 1. The zero-order valence-electron chi connectivity index (χ0n) is 20.9. The predicted octanol–water partition coefficient (Wildman–Crippen LogP) is 3.30. The molecule has 1 N–H and O–H groups in total. The van der Waals surface area contributed by atoms with Gasteiger partial charge < -0.3 is 29.2 Å². The van der Waals surface area contributed by atoms with Crippen LogP contribution in [0.1, 0.15) is 29.5 Å². The highest BCUT2D eigenvalue weighted by Gasteiger charge is 2.20. The number of benzene rings is 2. The van der Waals surface area contributed by atoms with E-state index < -0.39 is 0 Å². The molecule has 3 rings (SSSR count). The monoisotopic (exact) mass is 496 g/mol. The second-order valence-electron chi connectivity index (χ2n) is 8.25. The Kier molecular flexibility index (Phi) is 12.1. The first kappa shape index (κ1) is 27.5. The summed E-state index contributed by atoms with van der Waals surface area (Å²) >= 11 is 0. The summed E-state index contributed by atoms with van der Waals surface area (Å²) in [6, 6.07) is 15.9. The van der Waals surface area contributed by atoms with Crippen molar-refractivity contribution in [3.8, 4) is 0 Å². The highest BCUT2D eigenvalue weighted by molar-refractivity contribution is 5.97. The smallest absolute Gasteiger partial charge is 0.229 e. The van der Waals surface area contributed by atoms with Crippen molar-refractivity contribution >= 4 is 29.7 Å². The van der Waals surface area contributed by atoms with Crippen LogP contribution in [0.25, 0.3) is 12.2 Å². The van der Waals surface area contributed by atoms with Crippen molar-refractivity contribution in [2.24, 2.45) is 0 Å². The van der Waals surface area contributed by atoms with Gasteiger partial charge in [-0.3, -0.25) is 9.59 Å². The Morgan fingerprint density at radius 1 is 0.778 bits per heavy atom. The quantitative estimate of drug-likeness (QED) is 0.381. The average Bonchev–Trinajstić information content (AvgIpc) is 2.88. The third-order valence-corrected chi connectivity index (χ3v) is 5.66. The van der Waals surface area contributed by atoms with Crippen molar-refractivity contribution in [3.63, 3.8) is 0 Å². The molecule has 36 heavy (non-hydrogen) atoms. The van der Waals surface area contributed by atoms with Gasteiger partial charge in [0.1, 0.15) is 0 Å². The van der Waals surface area contributed by atoms with Crippen LogP contribution in [0, 0.1) is 0 Å². The summed E-state index contributed by atoms with van der Waals surface area (Å²) in [5.41, 5.74) is 4.04. The molecule has 1 aliphatic heterocycles. The van der Waals surface area contributed by atoms with Crippen molar-refractivity contribution in [2.75, 3.05) is 64.8 Å². The van der Waals surface area contributed by atoms with Crippen LogP contribution in [-0.2, 0) is 35.1 Å². The Bertz CT molecular complexity index is 994. The number of hydrogen-bond acceptors (Lipinski definition) is 6. The van der Waals surface area contributed by atoms with E-state index in [1.807, 2.05) is 48.5 Å². The van der Waals surface area contributed by atoms with E-state index in [-0.39, 0.29) is 31.2 Å². The molecule has 0 bridgehead atoms. The first-order valence-electron chi connectivity index (χ1n) is 12.3. The van der Waals surface area contributed by atoms with Gasteiger partial charge in [-0.2, -0.15) is 0 Å². The number of fused-ring (bicyclic) bond motifs is 2. The molecule has 0 aromatic heterocycles. The van der Waals surface area contributed by atoms with Crippen LogP contribution in [0.2, 0.25) is 0 Å². The summed E-state index contributed by atoms with van der Waals surface area (Å²) in [6.07, 6.45) is 4.58. The number of rotatable bonds is 15. The van der Waals surface area contributed by atoms with Gasteiger partial charge in [-0.05, 0) is 22.8 Å². The van der Waals surface area contributed by atoms with Crippen LogP contribution in [0.3, 0.4) is 0 Å². The first-order chi connectivity index (χ1) is 17.7. The second kappa shape index (κ2) is 15.9. The van der Waals surface area contributed by atoms with E-state index in [0.717, 1.165) is 22.4 Å². The minimum Gasteiger partial charge on any atom is -0.382 e. The lowest BCUT2D eigenvalue weighted by Gasteiger charge is -2.27. The molecule has 0 saturated heterocycles. The lowest BCUT2D eigenvalue weighted by Crippen LogP contribution is -2.35. The molecule has 0 atom stereocenters. The molecule has 194 valence electrons. The van der Waals surface area contributed by atoms with E-state index in [0.29, 0.717) is 52.8 Å². The molecular weight excluding hydrogens is 460 g/mol. The van der Waals surface area contributed by atoms with Crippen LogP contribution >= 0.6 is 0 Å². The molecule has 2 aromatic carbocycles. The highest BCUT2D eigenvalue weighted by Crippen LogP contribution is 2.29. The van der Waals surface area contributed by atoms with Crippen LogP contribution < -0.4 is 10.2 Å². The number of para-hydroxylation sites is 1. The van der Waals surface area contributed by atoms with Gasteiger partial charge in [0.2, 0.25) is 11.8 Å². The van der Waals surface area contributed by atoms with Gasteiger partial charge in [0.05, 0.1) is 58.5 Å². The minimum atomic E-state index is -0.142. The van der Waals surface area contributed by atoms with Gasteiger partial charge in [0.25, 0.3) is 0 Å². The molecule has 0 spiro atoms. The molecule has 2 aromatic rings. The van der Waals surface area contributed by atoms with Crippen molar-refractivity contribution < 1.29 is 28.5 Å². The van der Waals surface area contributed by atoms with Crippen molar-refractivity contribution in [2.45, 2.75) is 19.4 Å². The Morgan fingerprint density at radius 2 is 1.39 bits per heavy atom. The lowest BCUT2D eigenvalue weighted by atomic mass is 10.0. The van der Waals surface area contributed by atoms with E-state index in [9.17, 15) is 9.59 Å². The number of ether oxygens (including phenoxy) is 4. The van der Waals surface area contributed by atoms with Crippen LogP contribution in [0.4, 0.5) is 5.69 Å². The zero-order chi connectivity index (χ0) is 25.4. The maximum absolute atomic E-state index is 13.2. The summed E-state index contributed by atoms with van der Waals surface area (Å²) in [4.78, 5) is 27.1. The van der Waals surface area contributed by atoms with E-state index >= 15 is 0 Å². The molecule has 0 radical (unpaired) electrons. The third-order valence-electron chi connectivity index (χ3n) is 5.66. The Hall–Kier alpha value is -3.04. The topological polar surface area (TPSA) is 86.3 Å². The Balaban J connectivity index is 1.35. The molecule has 0 aliphatic carbocycles. The fourth-order valence-corrected chi connectivity index (χ4v) is 3.75. The molecule has 0 saturated carbocycles. The summed E-state index contributed by atoms with van der Waals surface area (Å²) in [7, 11) is 1.63. The molecule has 8 heteroatoms. The maximum atomic E-state index is 13.2. The van der Waals surface area contributed by atoms with Gasteiger partial charge in [-0.1, -0.05) is 54.6 Å². The molecule has 1 aliphatic rings. The SMILES string of the molecule is COCCOCCOCCOCCC(=O)NCCC(=O)N1Cc2ccccc2/C=C\c2ccccc21. The van der Waals surface area contributed by atoms with Gasteiger partial charge in [-0.15, -0.1) is 0 Å². The standard InChI is InChI=1S/C28H36N2O6/c1-33-16-17-35-20-21-36-19-18-34-15-13-27(31)29-14-12-28(32)30-22-25-8-3-2-6-23(25)10-11-24-7-4-5-9-26(24)30/h2-11H,12-22H2,1H3,(H,29,31)/b11-10-. The molecule has 2 amide bonds. The zero-order valence-corrected chi connectivity index (χ0v) is 20.9. The number of nitrogens with zero attached hydrogens (tertiary/aromatic N) is 1. The fraction of sp³-hybridized carbons (Fsp3) is 0.429. The van der Waals surface area contributed by atoms with E-state index in [2.05, 4.69) is 17.5 Å². The Morgan fingerprint density at radius 3 is 2.14 bits per heavy atom.